The molecule has 105 heavy (non-hydrogen) atoms. The van der Waals surface area contributed by atoms with Crippen LogP contribution >= 0.6 is 0 Å². The van der Waals surface area contributed by atoms with Gasteiger partial charge in [0.1, 0.15) is 43.4 Å². The zero-order valence-corrected chi connectivity index (χ0v) is 63.9. The highest BCUT2D eigenvalue weighted by Crippen LogP contribution is 2.30. The maximum Gasteiger partial charge on any atom is 0.410 e. The number of hydrogen-bond donors (Lipinski definition) is 7. The Balaban J connectivity index is 1.38. The van der Waals surface area contributed by atoms with Crippen molar-refractivity contribution >= 4 is 76.9 Å². The number of nitrogens with zero attached hydrogens (tertiary/aromatic N) is 4. The number of anilines is 1. The van der Waals surface area contributed by atoms with Crippen LogP contribution in [0.3, 0.4) is 0 Å². The Morgan fingerprint density at radius 3 is 1.86 bits per heavy atom. The highest BCUT2D eigenvalue weighted by atomic mass is 16.6. The lowest BCUT2D eigenvalue weighted by atomic mass is 9.89. The first-order valence-corrected chi connectivity index (χ1v) is 36.5. The summed E-state index contributed by atoms with van der Waals surface area (Å²) in [5.41, 5.74) is 6.90. The van der Waals surface area contributed by atoms with Gasteiger partial charge >= 0.3 is 18.1 Å². The van der Waals surface area contributed by atoms with Crippen molar-refractivity contribution in [1.82, 2.24) is 46.2 Å². The van der Waals surface area contributed by atoms with Crippen LogP contribution in [0, 0.1) is 29.6 Å². The Morgan fingerprint density at radius 2 is 1.27 bits per heavy atom. The summed E-state index contributed by atoms with van der Waals surface area (Å²) in [6.45, 7) is 18.3. The number of rotatable bonds is 48. The summed E-state index contributed by atoms with van der Waals surface area (Å²) in [7, 11) is 7.60. The van der Waals surface area contributed by atoms with Gasteiger partial charge in [0.2, 0.25) is 41.4 Å². The van der Waals surface area contributed by atoms with Crippen molar-refractivity contribution in [2.45, 2.75) is 194 Å². The van der Waals surface area contributed by atoms with Crippen molar-refractivity contribution in [3.8, 4) is 0 Å². The molecule has 0 saturated carbocycles. The van der Waals surface area contributed by atoms with E-state index in [-0.39, 0.29) is 94.6 Å². The van der Waals surface area contributed by atoms with E-state index in [1.807, 2.05) is 44.2 Å². The Bertz CT molecular complexity index is 3140. The molecule has 0 radical (unpaired) electrons. The third-order valence-electron chi connectivity index (χ3n) is 18.9. The largest absolute Gasteiger partial charge is 0.462 e. The second kappa shape index (κ2) is 46.4. The van der Waals surface area contributed by atoms with Crippen LogP contribution in [0.25, 0.3) is 0 Å². The zero-order valence-electron chi connectivity index (χ0n) is 63.9. The van der Waals surface area contributed by atoms with Crippen LogP contribution in [0.4, 0.5) is 15.3 Å². The van der Waals surface area contributed by atoms with Crippen molar-refractivity contribution in [2.24, 2.45) is 35.3 Å². The van der Waals surface area contributed by atoms with Crippen LogP contribution in [0.2, 0.25) is 0 Å². The number of nitrogens with two attached hydrogens (primary N) is 1. The number of carbonyl (C=O) groups excluding carboxylic acids is 12. The minimum Gasteiger partial charge on any atom is -0.462 e. The summed E-state index contributed by atoms with van der Waals surface area (Å²) in [6, 6.07) is 8.24. The van der Waals surface area contributed by atoms with Gasteiger partial charge in [-0.05, 0) is 85.5 Å². The number of hydrogen-bond acceptors (Lipinski definition) is 19. The molecule has 2 aliphatic heterocycles. The molecule has 0 bridgehead atoms. The molecule has 1 fully saturated rings. The molecule has 12 amide bonds. The molecular formula is C75H117N11O19. The van der Waals surface area contributed by atoms with Gasteiger partial charge in [0.05, 0.1) is 69.7 Å². The standard InChI is InChI=1S/C75H117N11O19/c1-15-50(8)66(58(100-13)45-62(90)85-37-23-27-57(85)67(101-14)51(9)68(91)80-56(44-52-24-18-16-19-25-52)73(96)104-43-42-103-41-40-102-39-38-99-12)83(10)72(95)64(48(4)5)82-71(94)65(49(6)7)84(11)75(98)105-46-53-29-31-54(32-30-53)78-69(92)55(26-22-35-77-74(76)97)79-70(93)63(47(2)3)81-59(87)28-20-17-21-36-86-60(88)33-34-61(86)89/h16,18-19,24-25,29-34,47-51,55-58,63-67H,15,17,20-23,26-28,35-46H2,1-14H3,(H,78,92)(H,79,93)(H,80,91)(H,81,87)(H,82,94)(H3,76,77,97)/t50-,51+,55-,56-,57-,58+,63?,64-,65-,66-,67+/m0/s1. The van der Waals surface area contributed by atoms with Gasteiger partial charge in [0, 0.05) is 85.7 Å². The van der Waals surface area contributed by atoms with Crippen molar-refractivity contribution in [3.63, 3.8) is 0 Å². The highest BCUT2D eigenvalue weighted by Gasteiger charge is 2.44. The van der Waals surface area contributed by atoms with E-state index in [0.717, 1.165) is 10.5 Å². The Morgan fingerprint density at radius 1 is 0.638 bits per heavy atom. The number of ether oxygens (including phenoxy) is 7. The maximum absolute atomic E-state index is 14.9. The number of likely N-dealkylation sites (N-methyl/N-ethyl adjacent to an activating group) is 2. The van der Waals surface area contributed by atoms with Gasteiger partial charge in [-0.3, -0.25) is 53.0 Å². The van der Waals surface area contributed by atoms with Crippen LogP contribution < -0.4 is 37.6 Å². The van der Waals surface area contributed by atoms with E-state index in [1.54, 1.807) is 91.8 Å². The van der Waals surface area contributed by atoms with Crippen molar-refractivity contribution < 1.29 is 90.7 Å². The van der Waals surface area contributed by atoms with Crippen LogP contribution in [-0.4, -0.2) is 240 Å². The fraction of sp³-hybridized carbons (Fsp3) is 0.653. The summed E-state index contributed by atoms with van der Waals surface area (Å²) in [6.07, 6.45) is 3.63. The van der Waals surface area contributed by atoms with Crippen molar-refractivity contribution in [3.05, 3.63) is 77.9 Å². The molecule has 30 nitrogen and oxygen atoms in total. The third kappa shape index (κ3) is 29.0. The molecule has 0 aromatic heterocycles. The van der Waals surface area contributed by atoms with Crippen LogP contribution in [0.15, 0.2) is 66.7 Å². The van der Waals surface area contributed by atoms with Crippen molar-refractivity contribution in [1.29, 1.82) is 0 Å². The minimum atomic E-state index is -1.12. The van der Waals surface area contributed by atoms with Gasteiger partial charge < -0.3 is 80.6 Å². The van der Waals surface area contributed by atoms with E-state index < -0.39 is 126 Å². The van der Waals surface area contributed by atoms with E-state index in [4.69, 9.17) is 38.9 Å². The van der Waals surface area contributed by atoms with Gasteiger partial charge in [-0.15, -0.1) is 0 Å². The molecule has 2 aliphatic rings. The van der Waals surface area contributed by atoms with Crippen LogP contribution in [-0.2, 0) is 94.1 Å². The topological polar surface area (TPSA) is 381 Å². The van der Waals surface area contributed by atoms with Crippen molar-refractivity contribution in [2.75, 3.05) is 100 Å². The molecular weight excluding hydrogens is 1360 g/mol. The van der Waals surface area contributed by atoms with Crippen LogP contribution in [0.1, 0.15) is 138 Å². The zero-order chi connectivity index (χ0) is 77.9. The molecule has 11 atom stereocenters. The monoisotopic (exact) mass is 1480 g/mol. The fourth-order valence-corrected chi connectivity index (χ4v) is 12.8. The van der Waals surface area contributed by atoms with Crippen LogP contribution in [0.5, 0.6) is 0 Å². The maximum atomic E-state index is 14.9. The molecule has 2 aromatic rings. The van der Waals surface area contributed by atoms with E-state index in [1.165, 1.54) is 43.2 Å². The number of urea groups is 1. The lowest BCUT2D eigenvalue weighted by molar-refractivity contribution is -0.151. The van der Waals surface area contributed by atoms with Gasteiger partial charge in [0.25, 0.3) is 11.8 Å². The number of carbonyl (C=O) groups is 12. The first-order chi connectivity index (χ1) is 50.0. The summed E-state index contributed by atoms with van der Waals surface area (Å²) in [5, 5.41) is 16.6. The lowest BCUT2D eigenvalue weighted by Crippen LogP contribution is -2.60. The minimum absolute atomic E-state index is 0.0464. The summed E-state index contributed by atoms with van der Waals surface area (Å²) < 4.78 is 39.4. The molecule has 4 rings (SSSR count). The Labute approximate surface area is 618 Å². The highest BCUT2D eigenvalue weighted by molar-refractivity contribution is 6.12. The predicted octanol–water partition coefficient (Wildman–Crippen LogP) is 4.79. The number of esters is 1. The SMILES string of the molecule is CC[C@H](C)[C@@H]([C@@H](CC(=O)N1CCC[C@H]1[C@H](OC)[C@@H](C)C(=O)N[C@@H](Cc1ccccc1)C(=O)OCCOCCOCCOC)OC)N(C)C(=O)[C@@H](NC(=O)[C@H](C(C)C)N(C)C(=O)OCc1ccc(NC(=O)[C@H](CCCNC(N)=O)NC(=O)C(NC(=O)CCCCCN2C(=O)C=CC2=O)C(C)C)cc1)C(C)C. The van der Waals surface area contributed by atoms with E-state index >= 15 is 0 Å². The van der Waals surface area contributed by atoms with E-state index in [9.17, 15) is 57.5 Å². The summed E-state index contributed by atoms with van der Waals surface area (Å²) >= 11 is 0. The number of primary amides is 1. The average molecular weight is 1480 g/mol. The Hall–Kier alpha value is -8.58. The molecule has 2 heterocycles. The normalized spacial score (nSPS) is 16.4. The van der Waals surface area contributed by atoms with Gasteiger partial charge in [-0.25, -0.2) is 14.4 Å². The first kappa shape index (κ1) is 88.8. The van der Waals surface area contributed by atoms with Gasteiger partial charge in [-0.2, -0.15) is 0 Å². The number of amides is 12. The molecule has 0 aliphatic carbocycles. The molecule has 2 aromatic carbocycles. The smallest absolute Gasteiger partial charge is 0.410 e. The quantitative estimate of drug-likeness (QED) is 0.0266. The fourth-order valence-electron chi connectivity index (χ4n) is 12.8. The molecule has 0 spiro atoms. The van der Waals surface area contributed by atoms with E-state index in [2.05, 4.69) is 31.9 Å². The Kier molecular flexibility index (Phi) is 39.2. The second-order valence-electron chi connectivity index (χ2n) is 27.8. The summed E-state index contributed by atoms with van der Waals surface area (Å²) in [5.74, 6) is -7.15. The van der Waals surface area contributed by atoms with Gasteiger partial charge in [0.15, 0.2) is 0 Å². The second-order valence-corrected chi connectivity index (χ2v) is 27.8. The summed E-state index contributed by atoms with van der Waals surface area (Å²) in [4.78, 5) is 167. The molecule has 586 valence electrons. The number of imide groups is 1. The average Bonchev–Trinajstić information content (AvgIpc) is 1.71. The number of unbranched alkanes of at least 4 members (excludes halogenated alkanes) is 2. The van der Waals surface area contributed by atoms with E-state index in [0.29, 0.717) is 82.7 Å². The number of methoxy groups -OCH3 is 3. The molecule has 8 N–H and O–H groups in total. The number of likely N-dealkylation sites (tertiary alicyclic amines) is 1. The molecule has 1 saturated heterocycles. The predicted molar refractivity (Wildman–Crippen MR) is 391 cm³/mol. The number of benzene rings is 2. The number of nitrogens with one attached hydrogen (secondary N) is 6. The van der Waals surface area contributed by atoms with Gasteiger partial charge in [-0.1, -0.05) is 118 Å². The molecule has 1 unspecified atom stereocenters. The third-order valence-corrected chi connectivity index (χ3v) is 18.9. The lowest BCUT2D eigenvalue weighted by Gasteiger charge is -2.41. The molecule has 30 heteroatoms. The first-order valence-electron chi connectivity index (χ1n) is 36.5.